The molecule has 1 unspecified atom stereocenters. The van der Waals surface area contributed by atoms with E-state index < -0.39 is 11.6 Å². The zero-order valence-corrected chi connectivity index (χ0v) is 11.1. The van der Waals surface area contributed by atoms with Gasteiger partial charge in [0, 0.05) is 22.6 Å². The Labute approximate surface area is 113 Å². The predicted molar refractivity (Wildman–Crippen MR) is 66.3 cm³/mol. The summed E-state index contributed by atoms with van der Waals surface area (Å²) in [4.78, 5) is 0. The zero-order chi connectivity index (χ0) is 13.6. The van der Waals surface area contributed by atoms with Crippen LogP contribution in [0.5, 0.6) is 0 Å². The SMILES string of the molecule is CC1C[C@](c2cc(Cl)cc(Cl)c2)(C(F)(F)F)CN1. The Hall–Kier alpha value is -0.450. The maximum Gasteiger partial charge on any atom is 0.399 e. The molecule has 0 aromatic heterocycles. The van der Waals surface area contributed by atoms with Crippen LogP contribution in [0.25, 0.3) is 0 Å². The van der Waals surface area contributed by atoms with Crippen LogP contribution in [0.4, 0.5) is 13.2 Å². The van der Waals surface area contributed by atoms with Crippen molar-refractivity contribution in [3.8, 4) is 0 Å². The molecule has 0 amide bonds. The number of halogens is 5. The first-order valence-electron chi connectivity index (χ1n) is 5.51. The summed E-state index contributed by atoms with van der Waals surface area (Å²) >= 11 is 11.6. The summed E-state index contributed by atoms with van der Waals surface area (Å²) in [6.07, 6.45) is -4.34. The monoisotopic (exact) mass is 297 g/mol. The highest BCUT2D eigenvalue weighted by Gasteiger charge is 2.58. The molecule has 2 rings (SSSR count). The summed E-state index contributed by atoms with van der Waals surface area (Å²) in [7, 11) is 0. The lowest BCUT2D eigenvalue weighted by Gasteiger charge is -2.32. The van der Waals surface area contributed by atoms with Crippen molar-refractivity contribution in [1.29, 1.82) is 0 Å². The molecule has 1 N–H and O–H groups in total. The first kappa shape index (κ1) is 14.0. The second kappa shape index (κ2) is 4.58. The first-order valence-corrected chi connectivity index (χ1v) is 6.27. The van der Waals surface area contributed by atoms with E-state index in [2.05, 4.69) is 5.32 Å². The standard InChI is InChI=1S/C12H12Cl2F3N/c1-7-5-11(6-18-7,12(15,16)17)8-2-9(13)4-10(14)3-8/h2-4,7,18H,5-6H2,1H3/t7?,11-/m0/s1. The van der Waals surface area contributed by atoms with Gasteiger partial charge in [-0.1, -0.05) is 23.2 Å². The van der Waals surface area contributed by atoms with Gasteiger partial charge in [0.15, 0.2) is 0 Å². The molecular formula is C12H12Cl2F3N. The molecule has 2 atom stereocenters. The molecule has 0 saturated carbocycles. The molecular weight excluding hydrogens is 286 g/mol. The largest absolute Gasteiger partial charge is 0.399 e. The molecule has 1 nitrogen and oxygen atoms in total. The van der Waals surface area contributed by atoms with Crippen LogP contribution < -0.4 is 5.32 Å². The van der Waals surface area contributed by atoms with E-state index in [1.54, 1.807) is 6.92 Å². The lowest BCUT2D eigenvalue weighted by molar-refractivity contribution is -0.185. The normalized spacial score (nSPS) is 28.7. The van der Waals surface area contributed by atoms with E-state index >= 15 is 0 Å². The average molecular weight is 298 g/mol. The minimum absolute atomic E-state index is 0.00677. The van der Waals surface area contributed by atoms with Crippen molar-refractivity contribution in [2.75, 3.05) is 6.54 Å². The van der Waals surface area contributed by atoms with Crippen LogP contribution in [-0.4, -0.2) is 18.8 Å². The van der Waals surface area contributed by atoms with Crippen LogP contribution in [-0.2, 0) is 5.41 Å². The number of nitrogens with one attached hydrogen (secondary N) is 1. The van der Waals surface area contributed by atoms with Crippen LogP contribution in [0, 0.1) is 0 Å². The van der Waals surface area contributed by atoms with Gasteiger partial charge in [-0.3, -0.25) is 0 Å². The van der Waals surface area contributed by atoms with Gasteiger partial charge in [0.2, 0.25) is 0 Å². The molecule has 1 aliphatic heterocycles. The van der Waals surface area contributed by atoms with Crippen LogP contribution in [0.3, 0.4) is 0 Å². The van der Waals surface area contributed by atoms with E-state index in [0.717, 1.165) is 0 Å². The van der Waals surface area contributed by atoms with E-state index in [1.807, 2.05) is 0 Å². The van der Waals surface area contributed by atoms with E-state index in [0.29, 0.717) is 0 Å². The predicted octanol–water partition coefficient (Wildman–Crippen LogP) is 4.18. The first-order chi connectivity index (χ1) is 8.24. The van der Waals surface area contributed by atoms with Crippen LogP contribution >= 0.6 is 23.2 Å². The van der Waals surface area contributed by atoms with Gasteiger partial charge < -0.3 is 5.32 Å². The summed E-state index contributed by atoms with van der Waals surface area (Å²) in [6, 6.07) is 3.94. The highest BCUT2D eigenvalue weighted by Crippen LogP contribution is 2.47. The fourth-order valence-electron chi connectivity index (χ4n) is 2.45. The van der Waals surface area contributed by atoms with Gasteiger partial charge in [0.05, 0.1) is 0 Å². The van der Waals surface area contributed by atoms with Crippen molar-refractivity contribution in [3.63, 3.8) is 0 Å². The fourth-order valence-corrected chi connectivity index (χ4v) is 2.97. The molecule has 0 spiro atoms. The molecule has 1 heterocycles. The Morgan fingerprint density at radius 3 is 2.17 bits per heavy atom. The lowest BCUT2D eigenvalue weighted by Crippen LogP contribution is -2.44. The number of benzene rings is 1. The maximum atomic E-state index is 13.4. The van der Waals surface area contributed by atoms with E-state index in [4.69, 9.17) is 23.2 Å². The molecule has 0 radical (unpaired) electrons. The van der Waals surface area contributed by atoms with Gasteiger partial charge in [0.25, 0.3) is 0 Å². The Bertz CT molecular complexity index is 441. The topological polar surface area (TPSA) is 12.0 Å². The molecule has 0 bridgehead atoms. The van der Waals surface area contributed by atoms with Crippen LogP contribution in [0.15, 0.2) is 18.2 Å². The highest BCUT2D eigenvalue weighted by atomic mass is 35.5. The summed E-state index contributed by atoms with van der Waals surface area (Å²) in [5, 5.41) is 3.29. The molecule has 1 aromatic carbocycles. The van der Waals surface area contributed by atoms with E-state index in [-0.39, 0.29) is 34.6 Å². The smallest absolute Gasteiger partial charge is 0.313 e. The van der Waals surface area contributed by atoms with Gasteiger partial charge in [-0.2, -0.15) is 13.2 Å². The Morgan fingerprint density at radius 1 is 1.22 bits per heavy atom. The second-order valence-corrected chi connectivity index (χ2v) is 5.60. The summed E-state index contributed by atoms with van der Waals surface area (Å²) < 4.78 is 40.2. The highest BCUT2D eigenvalue weighted by molar-refractivity contribution is 6.34. The fraction of sp³-hybridized carbons (Fsp3) is 0.500. The van der Waals surface area contributed by atoms with Gasteiger partial charge in [0.1, 0.15) is 5.41 Å². The van der Waals surface area contributed by atoms with Gasteiger partial charge in [-0.15, -0.1) is 0 Å². The van der Waals surface area contributed by atoms with Crippen molar-refractivity contribution in [1.82, 2.24) is 5.32 Å². The molecule has 0 aliphatic carbocycles. The van der Waals surface area contributed by atoms with Crippen molar-refractivity contribution >= 4 is 23.2 Å². The summed E-state index contributed by atoms with van der Waals surface area (Å²) in [6.45, 7) is 1.59. The number of hydrogen-bond donors (Lipinski definition) is 1. The van der Waals surface area contributed by atoms with Crippen molar-refractivity contribution in [3.05, 3.63) is 33.8 Å². The minimum atomic E-state index is -4.33. The van der Waals surface area contributed by atoms with Crippen LogP contribution in [0.2, 0.25) is 10.0 Å². The molecule has 18 heavy (non-hydrogen) atoms. The quantitative estimate of drug-likeness (QED) is 0.820. The van der Waals surface area contributed by atoms with E-state index in [9.17, 15) is 13.2 Å². The second-order valence-electron chi connectivity index (χ2n) is 4.72. The molecule has 6 heteroatoms. The number of hydrogen-bond acceptors (Lipinski definition) is 1. The molecule has 1 saturated heterocycles. The Morgan fingerprint density at radius 2 is 1.78 bits per heavy atom. The van der Waals surface area contributed by atoms with Crippen LogP contribution in [0.1, 0.15) is 18.9 Å². The molecule has 100 valence electrons. The minimum Gasteiger partial charge on any atom is -0.313 e. The van der Waals surface area contributed by atoms with E-state index in [1.165, 1.54) is 18.2 Å². The molecule has 1 fully saturated rings. The average Bonchev–Trinajstić information content (AvgIpc) is 2.59. The van der Waals surface area contributed by atoms with Crippen molar-refractivity contribution in [2.24, 2.45) is 0 Å². The van der Waals surface area contributed by atoms with Gasteiger partial charge in [-0.05, 0) is 37.1 Å². The Kier molecular flexibility index (Phi) is 3.56. The third-order valence-corrected chi connectivity index (χ3v) is 3.80. The third kappa shape index (κ3) is 2.33. The Balaban J connectivity index is 2.54. The molecule has 1 aromatic rings. The van der Waals surface area contributed by atoms with Crippen molar-refractivity contribution in [2.45, 2.75) is 31.0 Å². The summed E-state index contributed by atoms with van der Waals surface area (Å²) in [5.41, 5.74) is -1.77. The number of rotatable bonds is 1. The zero-order valence-electron chi connectivity index (χ0n) is 9.61. The van der Waals surface area contributed by atoms with Gasteiger partial charge >= 0.3 is 6.18 Å². The maximum absolute atomic E-state index is 13.4. The number of alkyl halides is 3. The van der Waals surface area contributed by atoms with Crippen molar-refractivity contribution < 1.29 is 13.2 Å². The van der Waals surface area contributed by atoms with Gasteiger partial charge in [-0.25, -0.2) is 0 Å². The lowest BCUT2D eigenvalue weighted by atomic mass is 9.78. The summed E-state index contributed by atoms with van der Waals surface area (Å²) in [5.74, 6) is 0. The third-order valence-electron chi connectivity index (χ3n) is 3.36. The molecule has 1 aliphatic rings.